The number of amides is 1. The molecule has 6 heteroatoms. The molecule has 0 saturated heterocycles. The SMILES string of the molecule is COc1ccc(CC(=O)N(CC(=O)O)C2CC2)cc1OC. The van der Waals surface area contributed by atoms with Crippen LogP contribution < -0.4 is 9.47 Å². The standard InChI is InChI=1S/C15H19NO5/c1-20-12-6-3-10(7-13(12)21-2)8-14(17)16(9-15(18)19)11-4-5-11/h3,6-7,11H,4-5,8-9H2,1-2H3,(H,18,19). The maximum absolute atomic E-state index is 12.3. The second kappa shape index (κ2) is 6.47. The fourth-order valence-corrected chi connectivity index (χ4v) is 2.22. The zero-order chi connectivity index (χ0) is 15.4. The van der Waals surface area contributed by atoms with E-state index in [1.807, 2.05) is 0 Å². The van der Waals surface area contributed by atoms with Gasteiger partial charge in [0.1, 0.15) is 6.54 Å². The maximum atomic E-state index is 12.3. The normalized spacial score (nSPS) is 13.6. The number of hydrogen-bond donors (Lipinski definition) is 1. The van der Waals surface area contributed by atoms with E-state index in [-0.39, 0.29) is 24.9 Å². The van der Waals surface area contributed by atoms with Gasteiger partial charge >= 0.3 is 5.97 Å². The van der Waals surface area contributed by atoms with E-state index >= 15 is 0 Å². The molecule has 1 amide bonds. The first-order chi connectivity index (χ1) is 10.0. The van der Waals surface area contributed by atoms with Gasteiger partial charge < -0.3 is 19.5 Å². The van der Waals surface area contributed by atoms with E-state index < -0.39 is 5.97 Å². The van der Waals surface area contributed by atoms with Crippen LogP contribution in [-0.2, 0) is 16.0 Å². The van der Waals surface area contributed by atoms with Crippen LogP contribution in [0.3, 0.4) is 0 Å². The Morgan fingerprint density at radius 2 is 1.90 bits per heavy atom. The molecule has 114 valence electrons. The number of nitrogens with zero attached hydrogens (tertiary/aromatic N) is 1. The lowest BCUT2D eigenvalue weighted by Crippen LogP contribution is -2.38. The Hall–Kier alpha value is -2.24. The van der Waals surface area contributed by atoms with Gasteiger partial charge in [-0.15, -0.1) is 0 Å². The highest BCUT2D eigenvalue weighted by Crippen LogP contribution is 2.30. The summed E-state index contributed by atoms with van der Waals surface area (Å²) in [6.07, 6.45) is 1.92. The van der Waals surface area contributed by atoms with Gasteiger partial charge in [-0.25, -0.2) is 0 Å². The molecule has 0 radical (unpaired) electrons. The predicted octanol–water partition coefficient (Wildman–Crippen LogP) is 1.32. The minimum absolute atomic E-state index is 0.0775. The number of carbonyl (C=O) groups is 2. The molecule has 0 atom stereocenters. The molecule has 1 aliphatic rings. The van der Waals surface area contributed by atoms with Gasteiger partial charge in [0.05, 0.1) is 20.6 Å². The first kappa shape index (κ1) is 15.2. The van der Waals surface area contributed by atoms with E-state index in [2.05, 4.69) is 0 Å². The van der Waals surface area contributed by atoms with Crippen LogP contribution in [0.15, 0.2) is 18.2 Å². The van der Waals surface area contributed by atoms with Crippen LogP contribution in [0.1, 0.15) is 18.4 Å². The molecule has 0 unspecified atom stereocenters. The van der Waals surface area contributed by atoms with Crippen LogP contribution in [0, 0.1) is 0 Å². The summed E-state index contributed by atoms with van der Waals surface area (Å²) in [6, 6.07) is 5.34. The van der Waals surface area contributed by atoms with E-state index in [4.69, 9.17) is 14.6 Å². The highest BCUT2D eigenvalue weighted by molar-refractivity contribution is 5.83. The summed E-state index contributed by atoms with van der Waals surface area (Å²) in [5.74, 6) is -0.00743. The van der Waals surface area contributed by atoms with E-state index in [0.717, 1.165) is 18.4 Å². The van der Waals surface area contributed by atoms with Crippen LogP contribution in [-0.4, -0.2) is 48.7 Å². The highest BCUT2D eigenvalue weighted by atomic mass is 16.5. The molecule has 0 aromatic heterocycles. The highest BCUT2D eigenvalue weighted by Gasteiger charge is 2.33. The molecule has 1 aliphatic carbocycles. The molecular formula is C15H19NO5. The molecular weight excluding hydrogens is 274 g/mol. The van der Waals surface area contributed by atoms with Crippen molar-refractivity contribution < 1.29 is 24.2 Å². The molecule has 21 heavy (non-hydrogen) atoms. The molecule has 1 aromatic rings. The van der Waals surface area contributed by atoms with Crippen molar-refractivity contribution in [2.45, 2.75) is 25.3 Å². The van der Waals surface area contributed by atoms with Crippen LogP contribution in [0.25, 0.3) is 0 Å². The van der Waals surface area contributed by atoms with Crippen molar-refractivity contribution in [3.05, 3.63) is 23.8 Å². The summed E-state index contributed by atoms with van der Waals surface area (Å²) in [5.41, 5.74) is 0.772. The number of ether oxygens (including phenoxy) is 2. The average molecular weight is 293 g/mol. The van der Waals surface area contributed by atoms with E-state index in [1.165, 1.54) is 12.0 Å². The number of rotatable bonds is 7. The Morgan fingerprint density at radius 1 is 1.24 bits per heavy atom. The fraction of sp³-hybridized carbons (Fsp3) is 0.467. The first-order valence-electron chi connectivity index (χ1n) is 6.77. The molecule has 0 spiro atoms. The van der Waals surface area contributed by atoms with Crippen LogP contribution in [0.2, 0.25) is 0 Å². The van der Waals surface area contributed by atoms with Crippen LogP contribution in [0.5, 0.6) is 11.5 Å². The van der Waals surface area contributed by atoms with Gasteiger partial charge in [0.15, 0.2) is 11.5 Å². The first-order valence-corrected chi connectivity index (χ1v) is 6.77. The summed E-state index contributed by atoms with van der Waals surface area (Å²) in [6.45, 7) is -0.239. The predicted molar refractivity (Wildman–Crippen MR) is 75.6 cm³/mol. The topological polar surface area (TPSA) is 76.1 Å². The van der Waals surface area contributed by atoms with E-state index in [9.17, 15) is 9.59 Å². The second-order valence-electron chi connectivity index (χ2n) is 5.01. The second-order valence-corrected chi connectivity index (χ2v) is 5.01. The van der Waals surface area contributed by atoms with E-state index in [1.54, 1.807) is 25.3 Å². The van der Waals surface area contributed by atoms with Crippen molar-refractivity contribution in [3.8, 4) is 11.5 Å². The zero-order valence-corrected chi connectivity index (χ0v) is 12.2. The third-order valence-electron chi connectivity index (χ3n) is 3.42. The maximum Gasteiger partial charge on any atom is 0.323 e. The number of hydrogen-bond acceptors (Lipinski definition) is 4. The number of benzene rings is 1. The number of carbonyl (C=O) groups excluding carboxylic acids is 1. The molecule has 1 N–H and O–H groups in total. The monoisotopic (exact) mass is 293 g/mol. The minimum Gasteiger partial charge on any atom is -0.493 e. The third-order valence-corrected chi connectivity index (χ3v) is 3.42. The number of aliphatic carboxylic acids is 1. The number of carboxylic acids is 1. The summed E-state index contributed by atoms with van der Waals surface area (Å²) in [4.78, 5) is 24.6. The lowest BCUT2D eigenvalue weighted by Gasteiger charge is -2.20. The number of carboxylic acid groups (broad SMARTS) is 1. The van der Waals surface area contributed by atoms with Gasteiger partial charge in [0.25, 0.3) is 0 Å². The molecule has 1 fully saturated rings. The Labute approximate surface area is 123 Å². The summed E-state index contributed by atoms with van der Waals surface area (Å²) in [7, 11) is 3.08. The van der Waals surface area contributed by atoms with Gasteiger partial charge in [-0.1, -0.05) is 6.07 Å². The molecule has 2 rings (SSSR count). The van der Waals surface area contributed by atoms with Gasteiger partial charge in [-0.2, -0.15) is 0 Å². The van der Waals surface area contributed by atoms with Crippen molar-refractivity contribution in [2.24, 2.45) is 0 Å². The van der Waals surface area contributed by atoms with Crippen LogP contribution in [0.4, 0.5) is 0 Å². The Morgan fingerprint density at radius 3 is 2.43 bits per heavy atom. The Kier molecular flexibility index (Phi) is 4.67. The Balaban J connectivity index is 2.09. The quantitative estimate of drug-likeness (QED) is 0.820. The fourth-order valence-electron chi connectivity index (χ4n) is 2.22. The smallest absolute Gasteiger partial charge is 0.323 e. The lowest BCUT2D eigenvalue weighted by molar-refractivity contribution is -0.144. The molecule has 1 aromatic carbocycles. The molecule has 1 saturated carbocycles. The third kappa shape index (κ3) is 3.87. The summed E-state index contributed by atoms with van der Waals surface area (Å²) in [5, 5.41) is 8.90. The average Bonchev–Trinajstić information content (AvgIpc) is 3.28. The number of methoxy groups -OCH3 is 2. The van der Waals surface area contributed by atoms with Crippen molar-refractivity contribution in [1.82, 2.24) is 4.90 Å². The molecule has 6 nitrogen and oxygen atoms in total. The molecule has 0 bridgehead atoms. The van der Waals surface area contributed by atoms with Gasteiger partial charge in [-0.3, -0.25) is 9.59 Å². The van der Waals surface area contributed by atoms with Crippen molar-refractivity contribution >= 4 is 11.9 Å². The largest absolute Gasteiger partial charge is 0.493 e. The van der Waals surface area contributed by atoms with Crippen LogP contribution >= 0.6 is 0 Å². The summed E-state index contributed by atoms with van der Waals surface area (Å²) >= 11 is 0. The van der Waals surface area contributed by atoms with Gasteiger partial charge in [-0.05, 0) is 30.5 Å². The van der Waals surface area contributed by atoms with E-state index in [0.29, 0.717) is 11.5 Å². The Bertz CT molecular complexity index is 539. The molecule has 0 aliphatic heterocycles. The summed E-state index contributed by atoms with van der Waals surface area (Å²) < 4.78 is 10.3. The van der Waals surface area contributed by atoms with Gasteiger partial charge in [0.2, 0.25) is 5.91 Å². The van der Waals surface area contributed by atoms with Crippen molar-refractivity contribution in [3.63, 3.8) is 0 Å². The van der Waals surface area contributed by atoms with Crippen molar-refractivity contribution in [1.29, 1.82) is 0 Å². The lowest BCUT2D eigenvalue weighted by atomic mass is 10.1. The van der Waals surface area contributed by atoms with Crippen molar-refractivity contribution in [2.75, 3.05) is 20.8 Å². The minimum atomic E-state index is -0.984. The molecule has 0 heterocycles. The van der Waals surface area contributed by atoms with Gasteiger partial charge in [0, 0.05) is 6.04 Å². The zero-order valence-electron chi connectivity index (χ0n) is 12.2.